The van der Waals surface area contributed by atoms with E-state index in [2.05, 4.69) is 9.97 Å². The summed E-state index contributed by atoms with van der Waals surface area (Å²) in [5.74, 6) is 0.692. The Balaban J connectivity index is 2.42. The van der Waals surface area contributed by atoms with E-state index in [0.29, 0.717) is 21.1 Å². The molecule has 16 heavy (non-hydrogen) atoms. The Hall–Kier alpha value is -0.960. The second kappa shape index (κ2) is 4.50. The first-order chi connectivity index (χ1) is 7.58. The summed E-state index contributed by atoms with van der Waals surface area (Å²) in [6, 6.07) is 0. The first kappa shape index (κ1) is 11.5. The Bertz CT molecular complexity index is 577. The monoisotopic (exact) mass is 348 g/mol. The molecule has 0 aromatic carbocycles. The molecule has 5 nitrogen and oxygen atoms in total. The van der Waals surface area contributed by atoms with Crippen LogP contribution in [0.15, 0.2) is 17.2 Å². The molecule has 0 spiro atoms. The lowest BCUT2D eigenvalue weighted by Crippen LogP contribution is -2.25. The third-order valence-electron chi connectivity index (χ3n) is 2.09. The molecule has 0 amide bonds. The fourth-order valence-corrected chi connectivity index (χ4v) is 2.39. The number of nitrogens with zero attached hydrogens (tertiary/aromatic N) is 3. The van der Waals surface area contributed by atoms with E-state index in [-0.39, 0.29) is 5.56 Å². The molecule has 0 aliphatic heterocycles. The van der Waals surface area contributed by atoms with Crippen molar-refractivity contribution in [2.75, 3.05) is 5.73 Å². The quantitative estimate of drug-likeness (QED) is 0.829. The normalized spacial score (nSPS) is 10.6. The summed E-state index contributed by atoms with van der Waals surface area (Å²) in [5, 5.41) is 0.513. The molecule has 2 heterocycles. The second-order valence-corrected chi connectivity index (χ2v) is 5.52. The van der Waals surface area contributed by atoms with Crippen molar-refractivity contribution in [2.45, 2.75) is 13.5 Å². The van der Waals surface area contributed by atoms with Gasteiger partial charge in [-0.2, -0.15) is 0 Å². The molecular weight excluding hydrogens is 339 g/mol. The molecule has 0 bridgehead atoms. The molecule has 2 aromatic rings. The molecule has 7 heteroatoms. The lowest BCUT2D eigenvalue weighted by molar-refractivity contribution is 0.701. The summed E-state index contributed by atoms with van der Waals surface area (Å²) < 4.78 is 2.23. The van der Waals surface area contributed by atoms with Crippen LogP contribution in [0.1, 0.15) is 10.7 Å². The number of thiazole rings is 1. The van der Waals surface area contributed by atoms with Crippen molar-refractivity contribution in [3.05, 3.63) is 37.0 Å². The molecule has 2 aromatic heterocycles. The number of rotatable bonds is 2. The molecule has 2 N–H and O–H groups in total. The predicted molar refractivity (Wildman–Crippen MR) is 71.6 cm³/mol. The van der Waals surface area contributed by atoms with Gasteiger partial charge in [0.1, 0.15) is 5.82 Å². The number of hydrogen-bond acceptors (Lipinski definition) is 5. The van der Waals surface area contributed by atoms with E-state index in [9.17, 15) is 4.79 Å². The summed E-state index contributed by atoms with van der Waals surface area (Å²) in [7, 11) is 0. The van der Waals surface area contributed by atoms with Gasteiger partial charge in [-0.05, 0) is 29.5 Å². The van der Waals surface area contributed by atoms with Crippen LogP contribution < -0.4 is 11.3 Å². The van der Waals surface area contributed by atoms with Crippen LogP contribution in [0.3, 0.4) is 0 Å². The van der Waals surface area contributed by atoms with Crippen LogP contribution >= 0.6 is 33.9 Å². The standard InChI is InChI=1S/C9H9IN4OS/c1-5-12-3-7(10)8(15)14(5)4-6-2-13-9(11)16-6/h2-3H,4H2,1H3,(H2,11,13). The van der Waals surface area contributed by atoms with Crippen molar-refractivity contribution in [3.63, 3.8) is 0 Å². The molecule has 0 atom stereocenters. The minimum atomic E-state index is -0.0277. The molecule has 0 unspecified atom stereocenters. The second-order valence-electron chi connectivity index (χ2n) is 3.21. The Kier molecular flexibility index (Phi) is 3.24. The van der Waals surface area contributed by atoms with Crippen molar-refractivity contribution < 1.29 is 0 Å². The van der Waals surface area contributed by atoms with Crippen molar-refractivity contribution in [2.24, 2.45) is 0 Å². The molecule has 0 saturated carbocycles. The van der Waals surface area contributed by atoms with E-state index in [1.54, 1.807) is 17.0 Å². The van der Waals surface area contributed by atoms with E-state index >= 15 is 0 Å². The first-order valence-corrected chi connectivity index (χ1v) is 6.39. The largest absolute Gasteiger partial charge is 0.375 e. The van der Waals surface area contributed by atoms with Gasteiger partial charge in [0.25, 0.3) is 5.56 Å². The Morgan fingerprint density at radius 3 is 2.88 bits per heavy atom. The van der Waals surface area contributed by atoms with Crippen molar-refractivity contribution in [3.8, 4) is 0 Å². The number of aryl methyl sites for hydroxylation is 1. The summed E-state index contributed by atoms with van der Waals surface area (Å²) in [6.07, 6.45) is 3.27. The highest BCUT2D eigenvalue weighted by Gasteiger charge is 2.07. The number of nitrogens with two attached hydrogens (primary N) is 1. The highest BCUT2D eigenvalue weighted by molar-refractivity contribution is 14.1. The molecule has 0 aliphatic carbocycles. The third-order valence-corrected chi connectivity index (χ3v) is 3.64. The van der Waals surface area contributed by atoms with Gasteiger partial charge in [-0.3, -0.25) is 9.36 Å². The van der Waals surface area contributed by atoms with Crippen LogP contribution in [0.25, 0.3) is 0 Å². The molecular formula is C9H9IN4OS. The van der Waals surface area contributed by atoms with E-state index in [0.717, 1.165) is 4.88 Å². The summed E-state index contributed by atoms with van der Waals surface area (Å²) in [6.45, 7) is 2.28. The average Bonchev–Trinajstić information content (AvgIpc) is 2.65. The van der Waals surface area contributed by atoms with Gasteiger partial charge in [-0.15, -0.1) is 11.3 Å². The lowest BCUT2D eigenvalue weighted by Gasteiger charge is -2.07. The van der Waals surface area contributed by atoms with Crippen LogP contribution in [-0.4, -0.2) is 14.5 Å². The number of nitrogen functional groups attached to an aromatic ring is 1. The zero-order valence-electron chi connectivity index (χ0n) is 8.48. The number of halogens is 1. The van der Waals surface area contributed by atoms with Crippen molar-refractivity contribution in [1.29, 1.82) is 0 Å². The molecule has 2 rings (SSSR count). The first-order valence-electron chi connectivity index (χ1n) is 4.50. The Morgan fingerprint density at radius 2 is 2.25 bits per heavy atom. The van der Waals surface area contributed by atoms with Crippen LogP contribution in [0.4, 0.5) is 5.13 Å². The van der Waals surface area contributed by atoms with E-state index in [4.69, 9.17) is 5.73 Å². The van der Waals surface area contributed by atoms with Gasteiger partial charge in [0.05, 0.1) is 10.1 Å². The van der Waals surface area contributed by atoms with Gasteiger partial charge in [0, 0.05) is 17.3 Å². The number of anilines is 1. The number of aromatic nitrogens is 3. The molecule has 0 fully saturated rings. The van der Waals surface area contributed by atoms with Gasteiger partial charge in [0.2, 0.25) is 0 Å². The third kappa shape index (κ3) is 2.24. The minimum absolute atomic E-state index is 0.0277. The van der Waals surface area contributed by atoms with Gasteiger partial charge in [-0.25, -0.2) is 9.97 Å². The fourth-order valence-electron chi connectivity index (χ4n) is 1.29. The van der Waals surface area contributed by atoms with Crippen LogP contribution in [0.5, 0.6) is 0 Å². The average molecular weight is 348 g/mol. The molecule has 0 saturated heterocycles. The Morgan fingerprint density at radius 1 is 1.50 bits per heavy atom. The lowest BCUT2D eigenvalue weighted by atomic mass is 10.4. The zero-order chi connectivity index (χ0) is 11.7. The van der Waals surface area contributed by atoms with Gasteiger partial charge >= 0.3 is 0 Å². The topological polar surface area (TPSA) is 73.8 Å². The molecule has 84 valence electrons. The maximum atomic E-state index is 11.9. The summed E-state index contributed by atoms with van der Waals surface area (Å²) in [4.78, 5) is 20.9. The fraction of sp³-hybridized carbons (Fsp3) is 0.222. The summed E-state index contributed by atoms with van der Waals surface area (Å²) >= 11 is 3.36. The van der Waals surface area contributed by atoms with Crippen LogP contribution in [0, 0.1) is 10.5 Å². The van der Waals surface area contributed by atoms with E-state index < -0.39 is 0 Å². The maximum Gasteiger partial charge on any atom is 0.267 e. The SMILES string of the molecule is Cc1ncc(I)c(=O)n1Cc1cnc(N)s1. The number of hydrogen-bond donors (Lipinski definition) is 1. The minimum Gasteiger partial charge on any atom is -0.375 e. The van der Waals surface area contributed by atoms with Gasteiger partial charge < -0.3 is 5.73 Å². The van der Waals surface area contributed by atoms with Crippen LogP contribution in [-0.2, 0) is 6.54 Å². The molecule has 0 radical (unpaired) electrons. The Labute approximate surface area is 109 Å². The summed E-state index contributed by atoms with van der Waals surface area (Å²) in [5.41, 5.74) is 5.51. The van der Waals surface area contributed by atoms with Gasteiger partial charge in [0.15, 0.2) is 5.13 Å². The smallest absolute Gasteiger partial charge is 0.267 e. The highest BCUT2D eigenvalue weighted by Crippen LogP contribution is 2.15. The highest BCUT2D eigenvalue weighted by atomic mass is 127. The molecule has 0 aliphatic rings. The van der Waals surface area contributed by atoms with Gasteiger partial charge in [-0.1, -0.05) is 0 Å². The maximum absolute atomic E-state index is 11.9. The predicted octanol–water partition coefficient (Wildman–Crippen LogP) is 1.24. The van der Waals surface area contributed by atoms with Crippen LogP contribution in [0.2, 0.25) is 0 Å². The zero-order valence-corrected chi connectivity index (χ0v) is 11.4. The van der Waals surface area contributed by atoms with E-state index in [1.807, 2.05) is 29.5 Å². The van der Waals surface area contributed by atoms with Crippen molar-refractivity contribution >= 4 is 39.1 Å². The van der Waals surface area contributed by atoms with E-state index in [1.165, 1.54) is 11.3 Å². The van der Waals surface area contributed by atoms with Crippen molar-refractivity contribution in [1.82, 2.24) is 14.5 Å².